The third kappa shape index (κ3) is 19.0. The quantitative estimate of drug-likeness (QED) is 0.636. The van der Waals surface area contributed by atoms with Crippen molar-refractivity contribution in [1.29, 1.82) is 0 Å². The van der Waals surface area contributed by atoms with Crippen molar-refractivity contribution in [2.75, 3.05) is 25.4 Å². The maximum absolute atomic E-state index is 7.94. The molecule has 0 atom stereocenters. The second-order valence-corrected chi connectivity index (χ2v) is 4.77. The van der Waals surface area contributed by atoms with Gasteiger partial charge in [0.25, 0.3) is 0 Å². The summed E-state index contributed by atoms with van der Waals surface area (Å²) in [5.74, 6) is 2.48. The summed E-state index contributed by atoms with van der Waals surface area (Å²) in [5, 5.41) is 7.46. The SMILES string of the molecule is CCN(CC)C(=S)SC[C-](C)C.[CH2-]CO.[O]=[Co]. The summed E-state index contributed by atoms with van der Waals surface area (Å²) in [4.78, 5) is 2.21. The molecule has 17 heavy (non-hydrogen) atoms. The van der Waals surface area contributed by atoms with Gasteiger partial charge in [-0.15, -0.1) is 17.5 Å². The summed E-state index contributed by atoms with van der Waals surface area (Å²) >= 11 is 9.34. The summed E-state index contributed by atoms with van der Waals surface area (Å²) in [5.41, 5.74) is 0. The predicted molar refractivity (Wildman–Crippen MR) is 75.7 cm³/mol. The number of hydrogen-bond donors (Lipinski definition) is 1. The van der Waals surface area contributed by atoms with Gasteiger partial charge in [-0.1, -0.05) is 18.8 Å². The molecule has 0 aliphatic carbocycles. The van der Waals surface area contributed by atoms with Gasteiger partial charge in [0.15, 0.2) is 0 Å². The Hall–Kier alpha value is 0.506. The fourth-order valence-corrected chi connectivity index (χ4v) is 2.07. The van der Waals surface area contributed by atoms with Crippen LogP contribution in [0.25, 0.3) is 0 Å². The van der Waals surface area contributed by atoms with E-state index in [1.807, 2.05) is 0 Å². The van der Waals surface area contributed by atoms with Crippen LogP contribution in [0.3, 0.4) is 0 Å². The van der Waals surface area contributed by atoms with Gasteiger partial charge >= 0.3 is 19.5 Å². The molecule has 0 aromatic rings. The van der Waals surface area contributed by atoms with Gasteiger partial charge in [-0.2, -0.15) is 13.8 Å². The van der Waals surface area contributed by atoms with Gasteiger partial charge in [0.2, 0.25) is 0 Å². The zero-order valence-electron chi connectivity index (χ0n) is 11.0. The molecule has 0 heterocycles. The van der Waals surface area contributed by atoms with Crippen molar-refractivity contribution in [2.24, 2.45) is 0 Å². The normalized spacial score (nSPS) is 8.71. The molecule has 0 aromatic carbocycles. The Morgan fingerprint density at radius 1 is 1.41 bits per heavy atom. The number of hydrogen-bond acceptors (Lipinski definition) is 4. The molecule has 1 N–H and O–H groups in total. The molecule has 0 aliphatic rings. The second kappa shape index (κ2) is 18.9. The molecule has 0 bridgehead atoms. The van der Waals surface area contributed by atoms with Crippen molar-refractivity contribution < 1.29 is 24.6 Å². The molecular weight excluding hydrogens is 301 g/mol. The maximum atomic E-state index is 7.94. The van der Waals surface area contributed by atoms with Crippen LogP contribution < -0.4 is 0 Å². The first-order valence-corrected chi connectivity index (χ1v) is 7.09. The fraction of sp³-hybridized carbons (Fsp3) is 0.727. The van der Waals surface area contributed by atoms with Gasteiger partial charge in [-0.3, -0.25) is 0 Å². The van der Waals surface area contributed by atoms with Gasteiger partial charge in [0.05, 0.1) is 0 Å². The average Bonchev–Trinajstić information content (AvgIpc) is 2.31. The molecule has 3 nitrogen and oxygen atoms in total. The predicted octanol–water partition coefficient (Wildman–Crippen LogP) is 2.65. The van der Waals surface area contributed by atoms with Crippen LogP contribution in [0.2, 0.25) is 0 Å². The van der Waals surface area contributed by atoms with Crippen molar-refractivity contribution in [1.82, 2.24) is 4.90 Å². The van der Waals surface area contributed by atoms with Crippen LogP contribution >= 0.6 is 24.0 Å². The third-order valence-corrected chi connectivity index (χ3v) is 3.34. The number of thiocarbonyl (C=S) groups is 1. The molecule has 0 amide bonds. The Morgan fingerprint density at radius 2 is 1.76 bits per heavy atom. The monoisotopic (exact) mass is 324 g/mol. The van der Waals surface area contributed by atoms with E-state index in [1.165, 1.54) is 5.92 Å². The Balaban J connectivity index is -0.000000337. The van der Waals surface area contributed by atoms with Crippen molar-refractivity contribution in [3.05, 3.63) is 12.8 Å². The molecule has 0 aliphatic heterocycles. The van der Waals surface area contributed by atoms with Crippen molar-refractivity contribution >= 4 is 28.3 Å². The van der Waals surface area contributed by atoms with Crippen LogP contribution in [0.5, 0.6) is 0 Å². The zero-order valence-corrected chi connectivity index (χ0v) is 13.7. The summed E-state index contributed by atoms with van der Waals surface area (Å²) < 4.78 is 8.97. The second-order valence-electron chi connectivity index (χ2n) is 3.16. The summed E-state index contributed by atoms with van der Waals surface area (Å²) in [6.45, 7) is 13.6. The van der Waals surface area contributed by atoms with Crippen LogP contribution in [-0.4, -0.2) is 39.8 Å². The molecule has 0 unspecified atom stereocenters. The summed E-state index contributed by atoms with van der Waals surface area (Å²) in [6, 6.07) is 0. The van der Waals surface area contributed by atoms with Gasteiger partial charge < -0.3 is 22.8 Å². The Labute approximate surface area is 124 Å². The first-order valence-electron chi connectivity index (χ1n) is 5.27. The molecule has 0 saturated carbocycles. The van der Waals surface area contributed by atoms with Gasteiger partial charge in [0, 0.05) is 13.1 Å². The number of thioether (sulfide) groups is 1. The topological polar surface area (TPSA) is 40.5 Å². The van der Waals surface area contributed by atoms with E-state index in [4.69, 9.17) is 21.2 Å². The molecule has 0 saturated heterocycles. The molecule has 107 valence electrons. The van der Waals surface area contributed by atoms with Gasteiger partial charge in [0.1, 0.15) is 4.32 Å². The average molecular weight is 324 g/mol. The number of aliphatic hydroxyl groups excluding tert-OH is 1. The number of rotatable bonds is 4. The van der Waals surface area contributed by atoms with Crippen molar-refractivity contribution in [3.63, 3.8) is 0 Å². The number of aliphatic hydroxyl groups is 1. The third-order valence-electron chi connectivity index (χ3n) is 1.51. The molecule has 0 fully saturated rings. The van der Waals surface area contributed by atoms with Crippen LogP contribution in [0.4, 0.5) is 0 Å². The molecule has 0 aromatic heterocycles. The van der Waals surface area contributed by atoms with Gasteiger partial charge in [-0.05, 0) is 13.8 Å². The van der Waals surface area contributed by atoms with E-state index in [-0.39, 0.29) is 6.61 Å². The minimum absolute atomic E-state index is 0. The van der Waals surface area contributed by atoms with E-state index in [0.717, 1.165) is 23.2 Å². The van der Waals surface area contributed by atoms with E-state index in [1.54, 1.807) is 11.8 Å². The zero-order chi connectivity index (χ0) is 14.3. The summed E-state index contributed by atoms with van der Waals surface area (Å²) in [6.07, 6.45) is 0. The summed E-state index contributed by atoms with van der Waals surface area (Å²) in [7, 11) is 0. The van der Waals surface area contributed by atoms with Gasteiger partial charge in [-0.25, -0.2) is 0 Å². The first kappa shape index (κ1) is 22.7. The van der Waals surface area contributed by atoms with E-state index < -0.39 is 0 Å². The first-order chi connectivity index (χ1) is 8.03. The number of nitrogens with zero attached hydrogens (tertiary/aromatic N) is 1. The van der Waals surface area contributed by atoms with E-state index >= 15 is 0 Å². The van der Waals surface area contributed by atoms with E-state index in [0.29, 0.717) is 0 Å². The Morgan fingerprint density at radius 3 is 2.00 bits per heavy atom. The molecule has 0 radical (unpaired) electrons. The minimum atomic E-state index is 0. The van der Waals surface area contributed by atoms with Crippen LogP contribution in [0, 0.1) is 12.8 Å². The Kier molecular flexibility index (Phi) is 25.1. The van der Waals surface area contributed by atoms with Crippen LogP contribution in [-0.2, 0) is 19.5 Å². The van der Waals surface area contributed by atoms with E-state index in [2.05, 4.69) is 55.2 Å². The Bertz CT molecular complexity index is 168. The molecule has 0 rings (SSSR count). The molecular formula is C11H23CoNO2S2-2. The van der Waals surface area contributed by atoms with Crippen molar-refractivity contribution in [3.8, 4) is 0 Å². The molecule has 6 heteroatoms. The standard InChI is InChI=1S/C9H18NS2.C2H5O.Co.O/c1-5-10(6-2)9(11)12-7-8(3)4;1-2-3;;/h5-7H2,1-4H3;3H,1-2H2;;/q2*-1;;. The van der Waals surface area contributed by atoms with Crippen LogP contribution in [0.1, 0.15) is 27.7 Å². The van der Waals surface area contributed by atoms with Crippen LogP contribution in [0.15, 0.2) is 0 Å². The van der Waals surface area contributed by atoms with E-state index in [9.17, 15) is 0 Å². The van der Waals surface area contributed by atoms with Crippen molar-refractivity contribution in [2.45, 2.75) is 27.7 Å². The molecule has 0 spiro atoms. The fourth-order valence-electron chi connectivity index (χ4n) is 0.779.